The minimum absolute atomic E-state index is 0.137. The maximum Gasteiger partial charge on any atom is 0.254 e. The second kappa shape index (κ2) is 4.31. The summed E-state index contributed by atoms with van der Waals surface area (Å²) >= 11 is 0. The lowest BCUT2D eigenvalue weighted by Crippen LogP contribution is -2.19. The zero-order valence-electron chi connectivity index (χ0n) is 8.53. The van der Waals surface area contributed by atoms with Gasteiger partial charge in [-0.1, -0.05) is 12.1 Å². The van der Waals surface area contributed by atoms with Crippen molar-refractivity contribution in [2.75, 3.05) is 20.3 Å². The van der Waals surface area contributed by atoms with Crippen molar-refractivity contribution in [3.8, 4) is 5.75 Å². The van der Waals surface area contributed by atoms with E-state index in [1.54, 1.807) is 19.2 Å². The fourth-order valence-corrected chi connectivity index (χ4v) is 1.26. The maximum absolute atomic E-state index is 11.5. The number of nitrogens with one attached hydrogen (secondary N) is 1. The van der Waals surface area contributed by atoms with E-state index in [0.717, 1.165) is 6.61 Å². The monoisotopic (exact) mass is 207 g/mol. The van der Waals surface area contributed by atoms with Crippen LogP contribution >= 0.6 is 0 Å². The second-order valence-electron chi connectivity index (χ2n) is 3.34. The van der Waals surface area contributed by atoms with Crippen LogP contribution in [0.15, 0.2) is 24.3 Å². The number of hydrogen-bond acceptors (Lipinski definition) is 3. The molecule has 4 nitrogen and oxygen atoms in total. The molecule has 0 radical (unpaired) electrons. The molecule has 1 aliphatic rings. The van der Waals surface area contributed by atoms with Crippen LogP contribution in [0.2, 0.25) is 0 Å². The predicted molar refractivity (Wildman–Crippen MR) is 55.1 cm³/mol. The molecule has 0 aliphatic carbocycles. The van der Waals surface area contributed by atoms with Crippen LogP contribution in [0.4, 0.5) is 0 Å². The van der Waals surface area contributed by atoms with E-state index >= 15 is 0 Å². The molecule has 0 bridgehead atoms. The van der Waals surface area contributed by atoms with Gasteiger partial charge in [0.05, 0.1) is 12.2 Å². The van der Waals surface area contributed by atoms with Gasteiger partial charge in [0.1, 0.15) is 18.5 Å². The van der Waals surface area contributed by atoms with Crippen molar-refractivity contribution < 1.29 is 14.3 Å². The number of rotatable bonds is 4. The third-order valence-electron chi connectivity index (χ3n) is 2.19. The van der Waals surface area contributed by atoms with E-state index in [1.165, 1.54) is 0 Å². The van der Waals surface area contributed by atoms with E-state index in [-0.39, 0.29) is 12.0 Å². The van der Waals surface area contributed by atoms with Crippen LogP contribution in [0.1, 0.15) is 10.4 Å². The van der Waals surface area contributed by atoms with Crippen molar-refractivity contribution in [1.82, 2.24) is 5.32 Å². The molecule has 0 aromatic heterocycles. The van der Waals surface area contributed by atoms with E-state index in [1.807, 2.05) is 12.1 Å². The summed E-state index contributed by atoms with van der Waals surface area (Å²) in [6, 6.07) is 7.18. The molecule has 2 rings (SSSR count). The van der Waals surface area contributed by atoms with Gasteiger partial charge in [0.2, 0.25) is 0 Å². The Labute approximate surface area is 88.2 Å². The third kappa shape index (κ3) is 2.47. The van der Waals surface area contributed by atoms with Crippen molar-refractivity contribution in [2.45, 2.75) is 6.10 Å². The highest BCUT2D eigenvalue weighted by molar-refractivity contribution is 5.96. The molecule has 15 heavy (non-hydrogen) atoms. The number of benzene rings is 1. The Hall–Kier alpha value is -1.55. The van der Waals surface area contributed by atoms with Crippen LogP contribution in [-0.2, 0) is 4.74 Å². The number of para-hydroxylation sites is 1. The first-order chi connectivity index (χ1) is 7.31. The Balaban J connectivity index is 2.09. The first kappa shape index (κ1) is 9.98. The Kier molecular flexibility index (Phi) is 2.87. The van der Waals surface area contributed by atoms with Crippen molar-refractivity contribution in [3.63, 3.8) is 0 Å². The highest BCUT2D eigenvalue weighted by atomic mass is 16.6. The van der Waals surface area contributed by atoms with E-state index in [4.69, 9.17) is 9.47 Å². The molecule has 1 aromatic carbocycles. The van der Waals surface area contributed by atoms with Crippen molar-refractivity contribution in [3.05, 3.63) is 29.8 Å². The highest BCUT2D eigenvalue weighted by Gasteiger charge is 2.23. The summed E-state index contributed by atoms with van der Waals surface area (Å²) in [7, 11) is 1.60. The van der Waals surface area contributed by atoms with E-state index in [9.17, 15) is 4.79 Å². The van der Waals surface area contributed by atoms with Crippen molar-refractivity contribution in [2.24, 2.45) is 0 Å². The SMILES string of the molecule is CNC(=O)c1ccccc1OC[C@@H]1CO1. The largest absolute Gasteiger partial charge is 0.490 e. The minimum Gasteiger partial charge on any atom is -0.490 e. The van der Waals surface area contributed by atoms with Crippen LogP contribution in [0.5, 0.6) is 5.75 Å². The molecule has 1 N–H and O–H groups in total. The lowest BCUT2D eigenvalue weighted by atomic mass is 10.2. The summed E-state index contributed by atoms with van der Waals surface area (Å²) in [6.45, 7) is 1.26. The average Bonchev–Trinajstić information content (AvgIpc) is 3.09. The second-order valence-corrected chi connectivity index (χ2v) is 3.34. The van der Waals surface area contributed by atoms with E-state index < -0.39 is 0 Å². The molecular formula is C11H13NO3. The summed E-state index contributed by atoms with van der Waals surface area (Å²) in [4.78, 5) is 11.5. The van der Waals surface area contributed by atoms with Gasteiger partial charge in [-0.05, 0) is 12.1 Å². The van der Waals surface area contributed by atoms with Gasteiger partial charge in [0, 0.05) is 7.05 Å². The van der Waals surface area contributed by atoms with Crippen molar-refractivity contribution >= 4 is 5.91 Å². The summed E-state index contributed by atoms with van der Waals surface area (Å²) in [5, 5.41) is 2.57. The Morgan fingerprint density at radius 3 is 3.00 bits per heavy atom. The zero-order chi connectivity index (χ0) is 10.7. The number of amides is 1. The molecule has 1 saturated heterocycles. The lowest BCUT2D eigenvalue weighted by Gasteiger charge is -2.08. The Bertz CT molecular complexity index is 361. The van der Waals surface area contributed by atoms with Gasteiger partial charge in [-0.25, -0.2) is 0 Å². The number of epoxide rings is 1. The van der Waals surface area contributed by atoms with Crippen LogP contribution in [0, 0.1) is 0 Å². The highest BCUT2D eigenvalue weighted by Crippen LogP contribution is 2.19. The van der Waals surface area contributed by atoms with Gasteiger partial charge in [-0.2, -0.15) is 0 Å². The first-order valence-electron chi connectivity index (χ1n) is 4.87. The molecule has 0 spiro atoms. The normalized spacial score (nSPS) is 18.3. The molecule has 0 saturated carbocycles. The molecule has 1 amide bonds. The summed E-state index contributed by atoms with van der Waals surface area (Å²) in [5.41, 5.74) is 0.556. The standard InChI is InChI=1S/C11H13NO3/c1-12-11(13)9-4-2-3-5-10(9)15-7-8-6-14-8/h2-5,8H,6-7H2,1H3,(H,12,13)/t8-/m0/s1. The summed E-state index contributed by atoms with van der Waals surface area (Å²) in [5.74, 6) is 0.467. The van der Waals surface area contributed by atoms with E-state index in [0.29, 0.717) is 17.9 Å². The molecule has 80 valence electrons. The summed E-state index contributed by atoms with van der Waals surface area (Å²) in [6.07, 6.45) is 0.197. The van der Waals surface area contributed by atoms with Gasteiger partial charge in [-0.3, -0.25) is 4.79 Å². The van der Waals surface area contributed by atoms with Crippen LogP contribution < -0.4 is 10.1 Å². The fourth-order valence-electron chi connectivity index (χ4n) is 1.26. The molecule has 0 unspecified atom stereocenters. The molecule has 4 heteroatoms. The topological polar surface area (TPSA) is 50.9 Å². The van der Waals surface area contributed by atoms with Gasteiger partial charge in [0.25, 0.3) is 5.91 Å². The van der Waals surface area contributed by atoms with Gasteiger partial charge in [-0.15, -0.1) is 0 Å². The minimum atomic E-state index is -0.137. The number of carbonyl (C=O) groups excluding carboxylic acids is 1. The maximum atomic E-state index is 11.5. The van der Waals surface area contributed by atoms with Crippen molar-refractivity contribution in [1.29, 1.82) is 0 Å². The van der Waals surface area contributed by atoms with Gasteiger partial charge >= 0.3 is 0 Å². The molecular weight excluding hydrogens is 194 g/mol. The Morgan fingerprint density at radius 2 is 2.33 bits per heavy atom. The van der Waals surface area contributed by atoms with Crippen LogP contribution in [0.3, 0.4) is 0 Å². The quantitative estimate of drug-likeness (QED) is 0.744. The number of carbonyl (C=O) groups is 1. The van der Waals surface area contributed by atoms with Crippen LogP contribution in [-0.4, -0.2) is 32.3 Å². The third-order valence-corrected chi connectivity index (χ3v) is 2.19. The van der Waals surface area contributed by atoms with Gasteiger partial charge < -0.3 is 14.8 Å². The molecule has 1 aliphatic heterocycles. The van der Waals surface area contributed by atoms with Crippen LogP contribution in [0.25, 0.3) is 0 Å². The lowest BCUT2D eigenvalue weighted by molar-refractivity contribution is 0.0958. The first-order valence-corrected chi connectivity index (χ1v) is 4.87. The van der Waals surface area contributed by atoms with E-state index in [2.05, 4.69) is 5.32 Å². The molecule has 1 atom stereocenters. The number of ether oxygens (including phenoxy) is 2. The predicted octanol–water partition coefficient (Wildman–Crippen LogP) is 0.824. The molecule has 1 fully saturated rings. The molecule has 1 heterocycles. The van der Waals surface area contributed by atoms with Gasteiger partial charge in [0.15, 0.2) is 0 Å². The summed E-state index contributed by atoms with van der Waals surface area (Å²) < 4.78 is 10.5. The number of hydrogen-bond donors (Lipinski definition) is 1. The molecule has 1 aromatic rings. The Morgan fingerprint density at radius 1 is 1.60 bits per heavy atom. The smallest absolute Gasteiger partial charge is 0.254 e. The fraction of sp³-hybridized carbons (Fsp3) is 0.364. The zero-order valence-corrected chi connectivity index (χ0v) is 8.53. The average molecular weight is 207 g/mol.